The van der Waals surface area contributed by atoms with Crippen LogP contribution < -0.4 is 10.2 Å². The number of hydrogen-bond donors (Lipinski definition) is 1. The van der Waals surface area contributed by atoms with Crippen molar-refractivity contribution in [3.8, 4) is 0 Å². The molecule has 12 heteroatoms. The van der Waals surface area contributed by atoms with Crippen LogP contribution in [0.15, 0.2) is 36.5 Å². The molecule has 1 aliphatic heterocycles. The zero-order chi connectivity index (χ0) is 23.3. The van der Waals surface area contributed by atoms with Crippen molar-refractivity contribution in [3.63, 3.8) is 0 Å². The van der Waals surface area contributed by atoms with Crippen molar-refractivity contribution in [1.29, 1.82) is 0 Å². The van der Waals surface area contributed by atoms with Gasteiger partial charge in [0.2, 0.25) is 0 Å². The Morgan fingerprint density at radius 1 is 1.16 bits per heavy atom. The van der Waals surface area contributed by atoms with Gasteiger partial charge in [-0.2, -0.15) is 13.2 Å². The number of hydrogen-bond acceptors (Lipinski definition) is 6. The summed E-state index contributed by atoms with van der Waals surface area (Å²) in [6, 6.07) is 6.09. The van der Waals surface area contributed by atoms with Gasteiger partial charge in [-0.3, -0.25) is 15.0 Å². The molecular weight excluding hydrogens is 456 g/mol. The van der Waals surface area contributed by atoms with Gasteiger partial charge < -0.3 is 9.64 Å². The Morgan fingerprint density at radius 2 is 1.84 bits per heavy atom. The number of alkyl carbamates (subject to hydrolysis) is 1. The summed E-state index contributed by atoms with van der Waals surface area (Å²) in [6.07, 6.45) is -4.75. The van der Waals surface area contributed by atoms with E-state index in [1.54, 1.807) is 4.90 Å². The summed E-state index contributed by atoms with van der Waals surface area (Å²) in [5.74, 6) is -1.37. The zero-order valence-electron chi connectivity index (χ0n) is 16.7. The third-order valence-electron chi connectivity index (χ3n) is 4.80. The fraction of sp³-hybridized carbons (Fsp3) is 0.350. The first-order valence-corrected chi connectivity index (χ1v) is 9.95. The normalized spacial score (nSPS) is 14.8. The highest BCUT2D eigenvalue weighted by Crippen LogP contribution is 2.33. The number of alkyl halides is 3. The van der Waals surface area contributed by atoms with Gasteiger partial charge in [-0.15, -0.1) is 0 Å². The lowest BCUT2D eigenvalue weighted by Crippen LogP contribution is -2.48. The smallest absolute Gasteiger partial charge is 0.417 e. The van der Waals surface area contributed by atoms with Crippen molar-refractivity contribution in [1.82, 2.24) is 15.2 Å². The molecule has 7 nitrogen and oxygen atoms in total. The number of ether oxygens (including phenoxy) is 1. The van der Waals surface area contributed by atoms with Crippen molar-refractivity contribution in [2.75, 3.05) is 44.2 Å². The number of carbonyl (C=O) groups excluding carboxylic acids is 2. The van der Waals surface area contributed by atoms with E-state index in [0.29, 0.717) is 32.7 Å². The van der Waals surface area contributed by atoms with Crippen LogP contribution in [0, 0.1) is 5.82 Å². The molecule has 172 valence electrons. The van der Waals surface area contributed by atoms with Gasteiger partial charge >= 0.3 is 12.3 Å². The van der Waals surface area contributed by atoms with Crippen LogP contribution >= 0.6 is 11.6 Å². The molecule has 1 N–H and O–H groups in total. The van der Waals surface area contributed by atoms with Crippen molar-refractivity contribution >= 4 is 29.4 Å². The van der Waals surface area contributed by atoms with Crippen LogP contribution in [0.3, 0.4) is 0 Å². The molecule has 2 aromatic rings. The molecule has 2 amide bonds. The minimum absolute atomic E-state index is 0.00429. The van der Waals surface area contributed by atoms with Gasteiger partial charge in [-0.1, -0.05) is 23.7 Å². The molecular formula is C20H19ClF4N4O3. The maximum absolute atomic E-state index is 13.6. The molecule has 0 unspecified atom stereocenters. The average molecular weight is 475 g/mol. The minimum Gasteiger partial charge on any atom is -0.448 e. The molecule has 1 aromatic heterocycles. The molecule has 1 saturated heterocycles. The minimum atomic E-state index is -4.51. The number of benzene rings is 1. The molecule has 32 heavy (non-hydrogen) atoms. The Morgan fingerprint density at radius 3 is 2.47 bits per heavy atom. The van der Waals surface area contributed by atoms with Crippen LogP contribution in [0.25, 0.3) is 0 Å². The van der Waals surface area contributed by atoms with Gasteiger partial charge in [0.15, 0.2) is 0 Å². The highest BCUT2D eigenvalue weighted by molar-refractivity contribution is 6.33. The molecule has 0 spiro atoms. The topological polar surface area (TPSA) is 74.8 Å². The van der Waals surface area contributed by atoms with Crippen LogP contribution in [0.2, 0.25) is 5.02 Å². The standard InChI is InChI=1S/C20H19ClF4N4O3/c21-15-11-13(20(23,24)25)12-26-17(15)29-7-5-28(6-8-29)9-10-32-19(31)27-18(30)14-3-1-2-4-16(14)22/h1-4,11-12H,5-10H2,(H,27,30,31). The van der Waals surface area contributed by atoms with Gasteiger partial charge in [0.1, 0.15) is 18.2 Å². The number of pyridine rings is 1. The lowest BCUT2D eigenvalue weighted by atomic mass is 10.2. The largest absolute Gasteiger partial charge is 0.448 e. The van der Waals surface area contributed by atoms with Gasteiger partial charge in [-0.05, 0) is 18.2 Å². The molecule has 3 rings (SSSR count). The first kappa shape index (κ1) is 23.7. The fourth-order valence-electron chi connectivity index (χ4n) is 3.11. The number of nitrogens with one attached hydrogen (secondary N) is 1. The summed E-state index contributed by atoms with van der Waals surface area (Å²) >= 11 is 5.99. The van der Waals surface area contributed by atoms with E-state index in [4.69, 9.17) is 16.3 Å². The Kier molecular flexibility index (Phi) is 7.52. The Bertz CT molecular complexity index is 982. The average Bonchev–Trinajstić information content (AvgIpc) is 2.74. The molecule has 1 aromatic carbocycles. The summed E-state index contributed by atoms with van der Waals surface area (Å²) in [5, 5.41) is 1.88. The molecule has 0 saturated carbocycles. The van der Waals surface area contributed by atoms with Gasteiger partial charge in [0, 0.05) is 38.9 Å². The number of nitrogens with zero attached hydrogens (tertiary/aromatic N) is 3. The summed E-state index contributed by atoms with van der Waals surface area (Å²) in [7, 11) is 0. The number of halogens is 5. The highest BCUT2D eigenvalue weighted by Gasteiger charge is 2.32. The monoisotopic (exact) mass is 474 g/mol. The van der Waals surface area contributed by atoms with Crippen LogP contribution in [-0.2, 0) is 10.9 Å². The lowest BCUT2D eigenvalue weighted by molar-refractivity contribution is -0.137. The first-order valence-electron chi connectivity index (χ1n) is 9.58. The maximum Gasteiger partial charge on any atom is 0.417 e. The summed E-state index contributed by atoms with van der Waals surface area (Å²) in [6.45, 7) is 2.39. The maximum atomic E-state index is 13.6. The van der Waals surface area contributed by atoms with Crippen molar-refractivity contribution < 1.29 is 31.9 Å². The third kappa shape index (κ3) is 6.07. The van der Waals surface area contributed by atoms with Gasteiger partial charge in [0.05, 0.1) is 16.1 Å². The van der Waals surface area contributed by atoms with E-state index in [1.165, 1.54) is 18.2 Å². The molecule has 1 fully saturated rings. The molecule has 1 aliphatic rings. The highest BCUT2D eigenvalue weighted by atomic mass is 35.5. The Labute approximate surface area is 185 Å². The van der Waals surface area contributed by atoms with E-state index < -0.39 is 29.6 Å². The van der Waals surface area contributed by atoms with Crippen molar-refractivity contribution in [3.05, 3.63) is 58.5 Å². The van der Waals surface area contributed by atoms with Crippen molar-refractivity contribution in [2.45, 2.75) is 6.18 Å². The fourth-order valence-corrected chi connectivity index (χ4v) is 3.40. The van der Waals surface area contributed by atoms with Crippen LogP contribution in [0.5, 0.6) is 0 Å². The van der Waals surface area contributed by atoms with Gasteiger partial charge in [-0.25, -0.2) is 14.2 Å². The second-order valence-corrected chi connectivity index (χ2v) is 7.33. The predicted octanol–water partition coefficient (Wildman–Crippen LogP) is 3.58. The van der Waals surface area contributed by atoms with E-state index in [1.807, 2.05) is 10.2 Å². The molecule has 0 bridgehead atoms. The second kappa shape index (κ2) is 10.1. The van der Waals surface area contributed by atoms with E-state index in [0.717, 1.165) is 18.3 Å². The number of imide groups is 1. The summed E-state index contributed by atoms with van der Waals surface area (Å²) < 4.78 is 56.8. The molecule has 0 atom stereocenters. The second-order valence-electron chi connectivity index (χ2n) is 6.93. The first-order chi connectivity index (χ1) is 15.1. The number of carbonyl (C=O) groups is 2. The van der Waals surface area contributed by atoms with E-state index in [-0.39, 0.29) is 23.0 Å². The Balaban J connectivity index is 1.41. The SMILES string of the molecule is O=C(NC(=O)c1ccccc1F)OCCN1CCN(c2ncc(C(F)(F)F)cc2Cl)CC1. The number of amides is 2. The van der Waals surface area contributed by atoms with E-state index >= 15 is 0 Å². The van der Waals surface area contributed by atoms with Crippen LogP contribution in [-0.4, -0.2) is 61.2 Å². The number of piperazine rings is 1. The molecule has 2 heterocycles. The molecule has 0 aliphatic carbocycles. The quantitative estimate of drug-likeness (QED) is 0.668. The molecule has 0 radical (unpaired) electrons. The summed E-state index contributed by atoms with van der Waals surface area (Å²) in [5.41, 5.74) is -1.18. The predicted molar refractivity (Wildman–Crippen MR) is 108 cm³/mol. The lowest BCUT2D eigenvalue weighted by Gasteiger charge is -2.35. The summed E-state index contributed by atoms with van der Waals surface area (Å²) in [4.78, 5) is 31.2. The third-order valence-corrected chi connectivity index (χ3v) is 5.07. The van der Waals surface area contributed by atoms with E-state index in [2.05, 4.69) is 4.98 Å². The number of aromatic nitrogens is 1. The van der Waals surface area contributed by atoms with Crippen LogP contribution in [0.1, 0.15) is 15.9 Å². The van der Waals surface area contributed by atoms with Crippen LogP contribution in [0.4, 0.5) is 28.2 Å². The number of rotatable bonds is 5. The number of anilines is 1. The Hall–Kier alpha value is -2.92. The van der Waals surface area contributed by atoms with Crippen molar-refractivity contribution in [2.24, 2.45) is 0 Å². The van der Waals surface area contributed by atoms with Gasteiger partial charge in [0.25, 0.3) is 5.91 Å². The van der Waals surface area contributed by atoms with E-state index in [9.17, 15) is 27.2 Å². The zero-order valence-corrected chi connectivity index (χ0v) is 17.4.